The summed E-state index contributed by atoms with van der Waals surface area (Å²) in [6, 6.07) is 4.02. The van der Waals surface area contributed by atoms with E-state index < -0.39 is 0 Å². The van der Waals surface area contributed by atoms with Crippen molar-refractivity contribution in [3.8, 4) is 0 Å². The van der Waals surface area contributed by atoms with Crippen LogP contribution in [0.5, 0.6) is 0 Å². The molecule has 70 valence electrons. The van der Waals surface area contributed by atoms with E-state index in [9.17, 15) is 0 Å². The standard InChI is InChI=1S/C10H13BrN2/c1-3-7-4-9(11)5-8(6-13-2)10(7)12/h4-6H,3,12H2,1-2H3/b13-6-. The van der Waals surface area contributed by atoms with E-state index in [0.29, 0.717) is 0 Å². The number of hydrogen-bond acceptors (Lipinski definition) is 2. The van der Waals surface area contributed by atoms with Crippen LogP contribution in [0.25, 0.3) is 0 Å². The lowest BCUT2D eigenvalue weighted by molar-refractivity contribution is 1.14. The molecule has 3 heteroatoms. The van der Waals surface area contributed by atoms with Gasteiger partial charge in [0.1, 0.15) is 0 Å². The van der Waals surface area contributed by atoms with Gasteiger partial charge in [-0.25, -0.2) is 0 Å². The molecule has 0 saturated carbocycles. The summed E-state index contributed by atoms with van der Waals surface area (Å²) >= 11 is 3.44. The first kappa shape index (κ1) is 10.3. The van der Waals surface area contributed by atoms with E-state index in [1.165, 1.54) is 0 Å². The van der Waals surface area contributed by atoms with Crippen molar-refractivity contribution in [2.24, 2.45) is 4.99 Å². The van der Waals surface area contributed by atoms with Gasteiger partial charge < -0.3 is 5.73 Å². The maximum absolute atomic E-state index is 5.94. The van der Waals surface area contributed by atoms with Crippen LogP contribution in [0.4, 0.5) is 5.69 Å². The second-order valence-corrected chi connectivity index (χ2v) is 3.72. The Kier molecular flexibility index (Phi) is 3.48. The topological polar surface area (TPSA) is 38.4 Å². The molecule has 0 unspecified atom stereocenters. The van der Waals surface area contributed by atoms with Gasteiger partial charge in [0.15, 0.2) is 0 Å². The lowest BCUT2D eigenvalue weighted by Crippen LogP contribution is -1.98. The van der Waals surface area contributed by atoms with Crippen LogP contribution in [-0.4, -0.2) is 13.3 Å². The highest BCUT2D eigenvalue weighted by atomic mass is 79.9. The molecule has 0 fully saturated rings. The lowest BCUT2D eigenvalue weighted by Gasteiger charge is -2.07. The zero-order valence-electron chi connectivity index (χ0n) is 7.84. The molecule has 0 aromatic heterocycles. The molecule has 0 bridgehead atoms. The molecule has 1 aromatic carbocycles. The Morgan fingerprint density at radius 3 is 2.77 bits per heavy atom. The Morgan fingerprint density at radius 1 is 1.54 bits per heavy atom. The normalized spacial score (nSPS) is 11.0. The van der Waals surface area contributed by atoms with Crippen LogP contribution in [0.3, 0.4) is 0 Å². The number of benzene rings is 1. The Bertz CT molecular complexity index is 332. The molecule has 0 radical (unpaired) electrons. The van der Waals surface area contributed by atoms with Gasteiger partial charge >= 0.3 is 0 Å². The molecule has 0 aliphatic carbocycles. The van der Waals surface area contributed by atoms with Crippen LogP contribution in [0.2, 0.25) is 0 Å². The van der Waals surface area contributed by atoms with Gasteiger partial charge in [-0.05, 0) is 24.1 Å². The first-order valence-corrected chi connectivity index (χ1v) is 4.98. The predicted molar refractivity (Wildman–Crippen MR) is 61.5 cm³/mol. The molecule has 2 N–H and O–H groups in total. The summed E-state index contributed by atoms with van der Waals surface area (Å²) in [6.45, 7) is 2.09. The Hall–Kier alpha value is -0.830. The third-order valence-electron chi connectivity index (χ3n) is 1.91. The third-order valence-corrected chi connectivity index (χ3v) is 2.37. The summed E-state index contributed by atoms with van der Waals surface area (Å²) in [4.78, 5) is 3.96. The van der Waals surface area contributed by atoms with E-state index >= 15 is 0 Å². The van der Waals surface area contributed by atoms with Crippen molar-refractivity contribution >= 4 is 27.8 Å². The van der Waals surface area contributed by atoms with Gasteiger partial charge in [0.25, 0.3) is 0 Å². The molecule has 0 amide bonds. The van der Waals surface area contributed by atoms with Crippen molar-refractivity contribution in [3.05, 3.63) is 27.7 Å². The quantitative estimate of drug-likeness (QED) is 0.627. The second kappa shape index (κ2) is 4.42. The SMILES string of the molecule is CCc1cc(Br)cc(/C=N\C)c1N. The number of nitrogens with zero attached hydrogens (tertiary/aromatic N) is 1. The molecular formula is C10H13BrN2. The summed E-state index contributed by atoms with van der Waals surface area (Å²) in [7, 11) is 1.74. The fourth-order valence-corrected chi connectivity index (χ4v) is 1.76. The number of nitrogen functional groups attached to an aromatic ring is 1. The number of aliphatic imine (C=N–C) groups is 1. The fourth-order valence-electron chi connectivity index (χ4n) is 1.24. The molecule has 0 aliphatic rings. The molecule has 0 heterocycles. The minimum absolute atomic E-state index is 0.830. The Labute approximate surface area is 87.0 Å². The average molecular weight is 241 g/mol. The molecule has 0 atom stereocenters. The number of aryl methyl sites for hydroxylation is 1. The third kappa shape index (κ3) is 2.31. The van der Waals surface area contributed by atoms with Gasteiger partial charge in [0, 0.05) is 29.0 Å². The average Bonchev–Trinajstić information content (AvgIpc) is 2.11. The number of nitrogens with two attached hydrogens (primary N) is 1. The molecule has 0 saturated heterocycles. The van der Waals surface area contributed by atoms with Crippen molar-refractivity contribution in [1.29, 1.82) is 0 Å². The van der Waals surface area contributed by atoms with Gasteiger partial charge in [-0.1, -0.05) is 22.9 Å². The minimum atomic E-state index is 0.830. The predicted octanol–water partition coefficient (Wildman–Crippen LogP) is 2.64. The highest BCUT2D eigenvalue weighted by Gasteiger charge is 2.03. The van der Waals surface area contributed by atoms with E-state index in [1.54, 1.807) is 13.3 Å². The van der Waals surface area contributed by atoms with Gasteiger partial charge in [0.2, 0.25) is 0 Å². The smallest absolute Gasteiger partial charge is 0.0436 e. The van der Waals surface area contributed by atoms with Gasteiger partial charge in [-0.2, -0.15) is 0 Å². The van der Waals surface area contributed by atoms with Gasteiger partial charge in [-0.3, -0.25) is 4.99 Å². The summed E-state index contributed by atoms with van der Waals surface area (Å²) in [5.41, 5.74) is 8.90. The highest BCUT2D eigenvalue weighted by Crippen LogP contribution is 2.22. The van der Waals surface area contributed by atoms with Crippen molar-refractivity contribution < 1.29 is 0 Å². The first-order valence-electron chi connectivity index (χ1n) is 4.19. The maximum atomic E-state index is 5.94. The Balaban J connectivity index is 3.26. The van der Waals surface area contributed by atoms with E-state index in [0.717, 1.165) is 27.7 Å². The van der Waals surface area contributed by atoms with Crippen LogP contribution in [0, 0.1) is 0 Å². The van der Waals surface area contributed by atoms with E-state index in [4.69, 9.17) is 5.73 Å². The second-order valence-electron chi connectivity index (χ2n) is 2.81. The number of rotatable bonds is 2. The summed E-state index contributed by atoms with van der Waals surface area (Å²) in [5, 5.41) is 0. The molecule has 0 aliphatic heterocycles. The summed E-state index contributed by atoms with van der Waals surface area (Å²) in [5.74, 6) is 0. The van der Waals surface area contributed by atoms with Crippen LogP contribution in [0.1, 0.15) is 18.1 Å². The fraction of sp³-hybridized carbons (Fsp3) is 0.300. The molecule has 0 spiro atoms. The van der Waals surface area contributed by atoms with Crippen LogP contribution < -0.4 is 5.73 Å². The van der Waals surface area contributed by atoms with E-state index in [1.807, 2.05) is 12.1 Å². The zero-order valence-corrected chi connectivity index (χ0v) is 9.43. The van der Waals surface area contributed by atoms with Crippen molar-refractivity contribution in [1.82, 2.24) is 0 Å². The summed E-state index contributed by atoms with van der Waals surface area (Å²) in [6.07, 6.45) is 2.72. The van der Waals surface area contributed by atoms with Gasteiger partial charge in [0.05, 0.1) is 0 Å². The number of anilines is 1. The lowest BCUT2D eigenvalue weighted by atomic mass is 10.1. The highest BCUT2D eigenvalue weighted by molar-refractivity contribution is 9.10. The first-order chi connectivity index (χ1) is 6.19. The van der Waals surface area contributed by atoms with Crippen LogP contribution in [-0.2, 0) is 6.42 Å². The molecular weight excluding hydrogens is 228 g/mol. The maximum Gasteiger partial charge on any atom is 0.0436 e. The van der Waals surface area contributed by atoms with Gasteiger partial charge in [-0.15, -0.1) is 0 Å². The monoisotopic (exact) mass is 240 g/mol. The molecule has 13 heavy (non-hydrogen) atoms. The van der Waals surface area contributed by atoms with Crippen LogP contribution >= 0.6 is 15.9 Å². The zero-order chi connectivity index (χ0) is 9.84. The molecule has 1 aromatic rings. The van der Waals surface area contributed by atoms with Crippen LogP contribution in [0.15, 0.2) is 21.6 Å². The van der Waals surface area contributed by atoms with Crippen molar-refractivity contribution in [2.75, 3.05) is 12.8 Å². The Morgan fingerprint density at radius 2 is 2.23 bits per heavy atom. The minimum Gasteiger partial charge on any atom is -0.398 e. The van der Waals surface area contributed by atoms with E-state index in [2.05, 4.69) is 27.8 Å². The number of hydrogen-bond donors (Lipinski definition) is 1. The van der Waals surface area contributed by atoms with Crippen molar-refractivity contribution in [2.45, 2.75) is 13.3 Å². The van der Waals surface area contributed by atoms with Crippen molar-refractivity contribution in [3.63, 3.8) is 0 Å². The number of halogens is 1. The molecule has 2 nitrogen and oxygen atoms in total. The summed E-state index contributed by atoms with van der Waals surface area (Å²) < 4.78 is 1.05. The molecule has 1 rings (SSSR count). The largest absolute Gasteiger partial charge is 0.398 e. The van der Waals surface area contributed by atoms with E-state index in [-0.39, 0.29) is 0 Å².